The Labute approximate surface area is 135 Å². The van der Waals surface area contributed by atoms with E-state index >= 15 is 0 Å². The number of aromatic nitrogens is 2. The van der Waals surface area contributed by atoms with Crippen molar-refractivity contribution in [2.24, 2.45) is 5.41 Å². The topological polar surface area (TPSA) is 53.5 Å². The molecular weight excluding hydrogens is 308 g/mol. The van der Waals surface area contributed by atoms with Crippen LogP contribution in [-0.2, 0) is 4.74 Å². The molecular formula is C14H22N2O3S2. The number of hydrogen-bond acceptors (Lipinski definition) is 7. The van der Waals surface area contributed by atoms with E-state index in [1.54, 1.807) is 20.3 Å². The van der Waals surface area contributed by atoms with Gasteiger partial charge < -0.3 is 14.2 Å². The van der Waals surface area contributed by atoms with Gasteiger partial charge in [-0.1, -0.05) is 32.5 Å². The van der Waals surface area contributed by atoms with Gasteiger partial charge in [-0.3, -0.25) is 0 Å². The molecule has 0 unspecified atom stereocenters. The molecule has 1 heterocycles. The molecule has 1 aromatic rings. The van der Waals surface area contributed by atoms with E-state index in [9.17, 15) is 0 Å². The predicted octanol–water partition coefficient (Wildman–Crippen LogP) is 3.37. The summed E-state index contributed by atoms with van der Waals surface area (Å²) in [7, 11) is 3.10. The smallest absolute Gasteiger partial charge is 0.220 e. The number of methoxy groups -OCH3 is 2. The number of rotatable bonds is 7. The van der Waals surface area contributed by atoms with Crippen molar-refractivity contribution in [1.29, 1.82) is 0 Å². The van der Waals surface area contributed by atoms with Gasteiger partial charge in [0.15, 0.2) is 10.2 Å². The first-order valence-corrected chi connectivity index (χ1v) is 7.99. The molecule has 1 aromatic heterocycles. The Kier molecular flexibility index (Phi) is 7.17. The van der Waals surface area contributed by atoms with Crippen LogP contribution in [0.5, 0.6) is 11.8 Å². The third-order valence-corrected chi connectivity index (χ3v) is 3.80. The zero-order chi connectivity index (χ0) is 15.9. The van der Waals surface area contributed by atoms with Gasteiger partial charge in [0.05, 0.1) is 32.6 Å². The van der Waals surface area contributed by atoms with Crippen molar-refractivity contribution in [3.8, 4) is 11.8 Å². The molecule has 0 saturated heterocycles. The molecule has 0 amide bonds. The van der Waals surface area contributed by atoms with Crippen LogP contribution in [0.1, 0.15) is 27.2 Å². The Morgan fingerprint density at radius 3 is 2.24 bits per heavy atom. The lowest BCUT2D eigenvalue weighted by molar-refractivity contribution is 0.237. The number of thiocarbonyl (C=S) groups is 1. The SMILES string of the molecule is COc1cc(OC)nc(SCC(=S)OCCC(C)(C)C)n1. The van der Waals surface area contributed by atoms with Gasteiger partial charge in [0.25, 0.3) is 0 Å². The second-order valence-corrected chi connectivity index (χ2v) is 6.95. The fourth-order valence-electron chi connectivity index (χ4n) is 1.29. The van der Waals surface area contributed by atoms with E-state index in [4.69, 9.17) is 26.4 Å². The largest absolute Gasteiger partial charge is 0.486 e. The van der Waals surface area contributed by atoms with Crippen LogP contribution in [0.3, 0.4) is 0 Å². The summed E-state index contributed by atoms with van der Waals surface area (Å²) >= 11 is 6.60. The predicted molar refractivity (Wildman–Crippen MR) is 88.5 cm³/mol. The number of hydrogen-bond donors (Lipinski definition) is 0. The average Bonchev–Trinajstić information content (AvgIpc) is 2.43. The first kappa shape index (κ1) is 18.0. The lowest BCUT2D eigenvalue weighted by Crippen LogP contribution is -2.13. The monoisotopic (exact) mass is 330 g/mol. The maximum Gasteiger partial charge on any atom is 0.220 e. The summed E-state index contributed by atoms with van der Waals surface area (Å²) in [5.74, 6) is 1.45. The molecule has 0 aliphatic rings. The van der Waals surface area contributed by atoms with Crippen LogP contribution in [0.15, 0.2) is 11.2 Å². The van der Waals surface area contributed by atoms with Crippen LogP contribution in [0.25, 0.3) is 0 Å². The molecule has 1 rings (SSSR count). The Morgan fingerprint density at radius 2 is 1.76 bits per heavy atom. The molecule has 7 heteroatoms. The van der Waals surface area contributed by atoms with Gasteiger partial charge in [0, 0.05) is 0 Å². The molecule has 0 fully saturated rings. The summed E-state index contributed by atoms with van der Waals surface area (Å²) in [6.07, 6.45) is 0.960. The Balaban J connectivity index is 2.45. The van der Waals surface area contributed by atoms with Gasteiger partial charge in [-0.2, -0.15) is 9.97 Å². The van der Waals surface area contributed by atoms with Crippen molar-refractivity contribution in [3.05, 3.63) is 6.07 Å². The summed E-state index contributed by atoms with van der Waals surface area (Å²) in [4.78, 5) is 8.45. The fraction of sp³-hybridized carbons (Fsp3) is 0.643. The Bertz CT molecular complexity index is 454. The highest BCUT2D eigenvalue weighted by Gasteiger charge is 2.11. The molecule has 5 nitrogen and oxygen atoms in total. The maximum atomic E-state index is 5.55. The Morgan fingerprint density at radius 1 is 1.19 bits per heavy atom. The number of thioether (sulfide) groups is 1. The minimum Gasteiger partial charge on any atom is -0.486 e. The van der Waals surface area contributed by atoms with Gasteiger partial charge in [-0.25, -0.2) is 0 Å². The third kappa shape index (κ3) is 7.47. The van der Waals surface area contributed by atoms with Crippen LogP contribution < -0.4 is 9.47 Å². The molecule has 21 heavy (non-hydrogen) atoms. The van der Waals surface area contributed by atoms with Crippen LogP contribution in [0.2, 0.25) is 0 Å². The molecule has 0 aromatic carbocycles. The summed E-state index contributed by atoms with van der Waals surface area (Å²) < 4.78 is 15.7. The van der Waals surface area contributed by atoms with Crippen molar-refractivity contribution in [2.45, 2.75) is 32.3 Å². The Hall–Kier alpha value is -1.08. The van der Waals surface area contributed by atoms with Crippen LogP contribution in [0, 0.1) is 5.41 Å². The first-order valence-electron chi connectivity index (χ1n) is 6.59. The summed E-state index contributed by atoms with van der Waals surface area (Å²) in [6.45, 7) is 7.14. The van der Waals surface area contributed by atoms with E-state index in [-0.39, 0.29) is 5.41 Å². The number of ether oxygens (including phenoxy) is 3. The van der Waals surface area contributed by atoms with Crippen LogP contribution in [-0.4, -0.2) is 41.6 Å². The first-order chi connectivity index (χ1) is 9.84. The zero-order valence-electron chi connectivity index (χ0n) is 13.1. The molecule has 0 radical (unpaired) electrons. The molecule has 118 valence electrons. The zero-order valence-corrected chi connectivity index (χ0v) is 14.8. The van der Waals surface area contributed by atoms with E-state index in [0.717, 1.165) is 6.42 Å². The second kappa shape index (κ2) is 8.38. The lowest BCUT2D eigenvalue weighted by Gasteiger charge is -2.18. The molecule has 0 saturated carbocycles. The normalized spacial score (nSPS) is 11.1. The standard InChI is InChI=1S/C14H22N2O3S2/c1-14(2,3)6-7-19-12(20)9-21-13-15-10(17-4)8-11(16-13)18-5/h8H,6-7,9H2,1-5H3. The van der Waals surface area contributed by atoms with Gasteiger partial charge in [0.2, 0.25) is 11.8 Å². The molecule has 0 spiro atoms. The van der Waals surface area contributed by atoms with Gasteiger partial charge in [-0.15, -0.1) is 0 Å². The van der Waals surface area contributed by atoms with E-state index in [2.05, 4.69) is 30.7 Å². The second-order valence-electron chi connectivity index (χ2n) is 5.56. The molecule has 0 aliphatic heterocycles. The van der Waals surface area contributed by atoms with Crippen molar-refractivity contribution >= 4 is 29.0 Å². The molecule has 0 aliphatic carbocycles. The summed E-state index contributed by atoms with van der Waals surface area (Å²) in [6, 6.07) is 1.63. The number of nitrogens with zero attached hydrogens (tertiary/aromatic N) is 2. The highest BCUT2D eigenvalue weighted by molar-refractivity contribution is 8.00. The minimum absolute atomic E-state index is 0.242. The van der Waals surface area contributed by atoms with E-state index in [1.807, 2.05) is 0 Å². The van der Waals surface area contributed by atoms with Crippen LogP contribution in [0.4, 0.5) is 0 Å². The highest BCUT2D eigenvalue weighted by Crippen LogP contribution is 2.22. The maximum absolute atomic E-state index is 5.55. The van der Waals surface area contributed by atoms with E-state index in [0.29, 0.717) is 34.3 Å². The van der Waals surface area contributed by atoms with Crippen molar-refractivity contribution in [2.75, 3.05) is 26.6 Å². The van der Waals surface area contributed by atoms with E-state index in [1.165, 1.54) is 11.8 Å². The van der Waals surface area contributed by atoms with Gasteiger partial charge >= 0.3 is 0 Å². The van der Waals surface area contributed by atoms with Gasteiger partial charge in [0.1, 0.15) is 0 Å². The quantitative estimate of drug-likeness (QED) is 0.431. The minimum atomic E-state index is 0.242. The van der Waals surface area contributed by atoms with Gasteiger partial charge in [-0.05, 0) is 24.1 Å². The van der Waals surface area contributed by atoms with Crippen LogP contribution >= 0.6 is 24.0 Å². The molecule has 0 bridgehead atoms. The van der Waals surface area contributed by atoms with Crippen molar-refractivity contribution in [3.63, 3.8) is 0 Å². The molecule has 0 N–H and O–H groups in total. The molecule has 0 atom stereocenters. The van der Waals surface area contributed by atoms with E-state index < -0.39 is 0 Å². The average molecular weight is 330 g/mol. The highest BCUT2D eigenvalue weighted by atomic mass is 32.2. The van der Waals surface area contributed by atoms with Crippen molar-refractivity contribution in [1.82, 2.24) is 9.97 Å². The fourth-order valence-corrected chi connectivity index (χ4v) is 2.19. The summed E-state index contributed by atoms with van der Waals surface area (Å²) in [5.41, 5.74) is 0.242. The van der Waals surface area contributed by atoms with Crippen molar-refractivity contribution < 1.29 is 14.2 Å². The lowest BCUT2D eigenvalue weighted by atomic mass is 9.93. The third-order valence-electron chi connectivity index (χ3n) is 2.51. The summed E-state index contributed by atoms with van der Waals surface area (Å²) in [5, 5.41) is 1.10.